The Hall–Kier alpha value is -3.94. The van der Waals surface area contributed by atoms with Crippen LogP contribution in [-0.2, 0) is 6.54 Å². The van der Waals surface area contributed by atoms with Gasteiger partial charge in [-0.05, 0) is 42.6 Å². The van der Waals surface area contributed by atoms with Crippen molar-refractivity contribution >= 4 is 10.9 Å². The molecule has 1 atom stereocenters. The van der Waals surface area contributed by atoms with Crippen LogP contribution in [0.3, 0.4) is 0 Å². The van der Waals surface area contributed by atoms with Crippen molar-refractivity contribution in [2.75, 3.05) is 6.54 Å². The van der Waals surface area contributed by atoms with Crippen LogP contribution >= 0.6 is 0 Å². The van der Waals surface area contributed by atoms with E-state index in [1.165, 1.54) is 0 Å². The zero-order chi connectivity index (χ0) is 22.9. The average Bonchev–Trinajstić information content (AvgIpc) is 3.61. The second-order valence-corrected chi connectivity index (χ2v) is 8.57. The first-order valence-electron chi connectivity index (χ1n) is 11.6. The minimum absolute atomic E-state index is 0.220. The van der Waals surface area contributed by atoms with Gasteiger partial charge in [0, 0.05) is 29.3 Å². The summed E-state index contributed by atoms with van der Waals surface area (Å²) in [6.07, 6.45) is 3.98. The van der Waals surface area contributed by atoms with Gasteiger partial charge in [0.25, 0.3) is 0 Å². The third kappa shape index (κ3) is 3.75. The number of nitrogens with two attached hydrogens (primary N) is 1. The third-order valence-electron chi connectivity index (χ3n) is 6.40. The number of H-pyrrole nitrogens is 1. The van der Waals surface area contributed by atoms with E-state index in [0.717, 1.165) is 69.8 Å². The van der Waals surface area contributed by atoms with Gasteiger partial charge in [-0.3, -0.25) is 10.1 Å². The number of hydrogen-bond donors (Lipinski definition) is 3. The van der Waals surface area contributed by atoms with E-state index in [0.29, 0.717) is 12.4 Å². The molecule has 1 fully saturated rings. The smallest absolute Gasteiger partial charge is 0.200 e. The van der Waals surface area contributed by atoms with E-state index in [9.17, 15) is 0 Å². The standard InChI is InChI=1S/C27H25N7/c28-16-17-8-10-19(11-9-17)24-20(18-5-2-1-3-6-18)15-21-22(31-24)12-14-30-25(21)27-32-26(33-34-27)23-7-4-13-29-23/h1-3,5-6,8-12,14-15,23,29H,4,7,13,16,28H2,(H,32,33,34). The minimum atomic E-state index is 0.220. The van der Waals surface area contributed by atoms with Crippen molar-refractivity contribution in [1.82, 2.24) is 30.5 Å². The van der Waals surface area contributed by atoms with Crippen LogP contribution in [0.2, 0.25) is 0 Å². The summed E-state index contributed by atoms with van der Waals surface area (Å²) in [4.78, 5) is 14.5. The molecule has 0 saturated carbocycles. The summed E-state index contributed by atoms with van der Waals surface area (Å²) >= 11 is 0. The van der Waals surface area contributed by atoms with Gasteiger partial charge in [0.2, 0.25) is 5.82 Å². The molecule has 1 saturated heterocycles. The molecule has 5 aromatic rings. The molecule has 0 spiro atoms. The monoisotopic (exact) mass is 447 g/mol. The molecule has 3 aromatic heterocycles. The van der Waals surface area contributed by atoms with Crippen LogP contribution in [0.5, 0.6) is 0 Å². The lowest BCUT2D eigenvalue weighted by Crippen LogP contribution is -2.14. The molecule has 4 N–H and O–H groups in total. The van der Waals surface area contributed by atoms with Gasteiger partial charge in [-0.15, -0.1) is 0 Å². The number of nitrogens with one attached hydrogen (secondary N) is 2. The molecule has 4 heterocycles. The first-order chi connectivity index (χ1) is 16.8. The van der Waals surface area contributed by atoms with Gasteiger partial charge in [0.05, 0.1) is 17.3 Å². The molecule has 0 bridgehead atoms. The largest absolute Gasteiger partial charge is 0.326 e. The van der Waals surface area contributed by atoms with Gasteiger partial charge in [-0.1, -0.05) is 54.6 Å². The minimum Gasteiger partial charge on any atom is -0.326 e. The zero-order valence-electron chi connectivity index (χ0n) is 18.7. The lowest BCUT2D eigenvalue weighted by Gasteiger charge is -2.13. The van der Waals surface area contributed by atoms with Crippen LogP contribution in [0.1, 0.15) is 30.3 Å². The first kappa shape index (κ1) is 20.7. The molecule has 1 aliphatic heterocycles. The number of fused-ring (bicyclic) bond motifs is 1. The van der Waals surface area contributed by atoms with E-state index in [1.807, 2.05) is 24.3 Å². The molecular formula is C27H25N7. The highest BCUT2D eigenvalue weighted by Gasteiger charge is 2.22. The number of benzene rings is 2. The van der Waals surface area contributed by atoms with E-state index in [2.05, 4.69) is 63.0 Å². The molecule has 1 unspecified atom stereocenters. The van der Waals surface area contributed by atoms with Gasteiger partial charge in [-0.25, -0.2) is 9.97 Å². The number of aromatic nitrogens is 5. The van der Waals surface area contributed by atoms with Gasteiger partial charge in [-0.2, -0.15) is 5.10 Å². The summed E-state index contributed by atoms with van der Waals surface area (Å²) < 4.78 is 0. The number of nitrogens with zero attached hydrogens (tertiary/aromatic N) is 4. The summed E-state index contributed by atoms with van der Waals surface area (Å²) in [5, 5.41) is 12.0. The highest BCUT2D eigenvalue weighted by atomic mass is 15.2. The molecule has 0 amide bonds. The molecule has 7 heteroatoms. The number of pyridine rings is 2. The highest BCUT2D eigenvalue weighted by molar-refractivity contribution is 5.97. The van der Waals surface area contributed by atoms with E-state index >= 15 is 0 Å². The van der Waals surface area contributed by atoms with Gasteiger partial charge in [0.1, 0.15) is 11.5 Å². The molecule has 2 aromatic carbocycles. The Morgan fingerprint density at radius 2 is 1.76 bits per heavy atom. The van der Waals surface area contributed by atoms with Crippen molar-refractivity contribution in [2.24, 2.45) is 5.73 Å². The van der Waals surface area contributed by atoms with Crippen LogP contribution in [-0.4, -0.2) is 31.7 Å². The van der Waals surface area contributed by atoms with Crippen molar-refractivity contribution in [2.45, 2.75) is 25.4 Å². The third-order valence-corrected chi connectivity index (χ3v) is 6.40. The van der Waals surface area contributed by atoms with Crippen molar-refractivity contribution in [3.8, 4) is 33.9 Å². The van der Waals surface area contributed by atoms with Crippen LogP contribution in [0, 0.1) is 0 Å². The van der Waals surface area contributed by atoms with E-state index in [1.54, 1.807) is 6.20 Å². The van der Waals surface area contributed by atoms with Crippen molar-refractivity contribution in [3.63, 3.8) is 0 Å². The van der Waals surface area contributed by atoms with Gasteiger partial charge >= 0.3 is 0 Å². The molecule has 34 heavy (non-hydrogen) atoms. The zero-order valence-corrected chi connectivity index (χ0v) is 18.7. The van der Waals surface area contributed by atoms with E-state index in [4.69, 9.17) is 15.7 Å². The van der Waals surface area contributed by atoms with E-state index < -0.39 is 0 Å². The fraction of sp³-hybridized carbons (Fsp3) is 0.185. The predicted molar refractivity (Wildman–Crippen MR) is 134 cm³/mol. The number of aromatic amines is 1. The Kier molecular flexibility index (Phi) is 5.33. The quantitative estimate of drug-likeness (QED) is 0.363. The second kappa shape index (κ2) is 8.78. The van der Waals surface area contributed by atoms with Crippen molar-refractivity contribution in [1.29, 1.82) is 0 Å². The summed E-state index contributed by atoms with van der Waals surface area (Å²) in [7, 11) is 0. The highest BCUT2D eigenvalue weighted by Crippen LogP contribution is 2.36. The summed E-state index contributed by atoms with van der Waals surface area (Å²) in [6.45, 7) is 1.52. The topological polar surface area (TPSA) is 105 Å². The van der Waals surface area contributed by atoms with Crippen LogP contribution in [0.15, 0.2) is 72.9 Å². The maximum Gasteiger partial charge on any atom is 0.200 e. The molecule has 168 valence electrons. The Bertz CT molecular complexity index is 1440. The Morgan fingerprint density at radius 3 is 2.53 bits per heavy atom. The molecule has 7 nitrogen and oxygen atoms in total. The fourth-order valence-electron chi connectivity index (χ4n) is 4.58. The number of hydrogen-bond acceptors (Lipinski definition) is 6. The maximum absolute atomic E-state index is 5.81. The second-order valence-electron chi connectivity index (χ2n) is 8.57. The van der Waals surface area contributed by atoms with Crippen LogP contribution < -0.4 is 11.1 Å². The molecule has 0 aliphatic carbocycles. The molecule has 0 radical (unpaired) electrons. The van der Waals surface area contributed by atoms with E-state index in [-0.39, 0.29) is 6.04 Å². The fourth-order valence-corrected chi connectivity index (χ4v) is 4.58. The van der Waals surface area contributed by atoms with Gasteiger partial charge < -0.3 is 11.1 Å². The lowest BCUT2D eigenvalue weighted by molar-refractivity contribution is 0.608. The molecule has 6 rings (SSSR count). The Morgan fingerprint density at radius 1 is 0.912 bits per heavy atom. The summed E-state index contributed by atoms with van der Waals surface area (Å²) in [5.41, 5.74) is 12.6. The summed E-state index contributed by atoms with van der Waals surface area (Å²) in [6, 6.07) is 22.9. The molecule has 1 aliphatic rings. The van der Waals surface area contributed by atoms with Crippen molar-refractivity contribution in [3.05, 3.63) is 84.3 Å². The number of rotatable bonds is 5. The van der Waals surface area contributed by atoms with Crippen LogP contribution in [0.25, 0.3) is 44.8 Å². The summed E-state index contributed by atoms with van der Waals surface area (Å²) in [5.74, 6) is 1.45. The first-order valence-corrected chi connectivity index (χ1v) is 11.6. The Labute approximate surface area is 197 Å². The molecular weight excluding hydrogens is 422 g/mol. The van der Waals surface area contributed by atoms with Gasteiger partial charge in [0.15, 0.2) is 0 Å². The SMILES string of the molecule is NCc1ccc(-c2nc3ccnc(-c4n[nH]c(C5CCCN5)n4)c3cc2-c2ccccc2)cc1. The lowest BCUT2D eigenvalue weighted by atomic mass is 9.96. The maximum atomic E-state index is 5.81. The predicted octanol–water partition coefficient (Wildman–Crippen LogP) is 4.63. The normalized spacial score (nSPS) is 15.7. The average molecular weight is 448 g/mol. The Balaban J connectivity index is 1.53. The van der Waals surface area contributed by atoms with Crippen molar-refractivity contribution < 1.29 is 0 Å². The van der Waals surface area contributed by atoms with Crippen LogP contribution in [0.4, 0.5) is 0 Å².